The van der Waals surface area contributed by atoms with Gasteiger partial charge in [0.15, 0.2) is 0 Å². The highest BCUT2D eigenvalue weighted by molar-refractivity contribution is 5.75. The number of hydrogen-bond acceptors (Lipinski definition) is 2. The molecule has 0 spiro atoms. The number of halogens is 1. The molecule has 0 radical (unpaired) electrons. The predicted octanol–water partition coefficient (Wildman–Crippen LogP) is 3.45. The largest absolute Gasteiger partial charge is 0.385 e. The number of amides is 1. The van der Waals surface area contributed by atoms with Crippen molar-refractivity contribution in [1.82, 2.24) is 9.47 Å². The van der Waals surface area contributed by atoms with Gasteiger partial charge in [0.1, 0.15) is 5.82 Å². The molecule has 130 valence electrons. The SMILES string of the molecule is CCC(=O)N(CCCOC)Cc1cccn1Cc1ccc(F)cc1. The first-order valence-corrected chi connectivity index (χ1v) is 8.29. The molecule has 5 heteroatoms. The fourth-order valence-corrected chi connectivity index (χ4v) is 2.64. The maximum absolute atomic E-state index is 13.0. The molecule has 0 aliphatic carbocycles. The average Bonchev–Trinajstić information content (AvgIpc) is 3.02. The van der Waals surface area contributed by atoms with Crippen LogP contribution in [0.15, 0.2) is 42.6 Å². The second-order valence-electron chi connectivity index (χ2n) is 5.77. The maximum Gasteiger partial charge on any atom is 0.222 e. The zero-order valence-electron chi connectivity index (χ0n) is 14.4. The molecule has 0 aliphatic rings. The topological polar surface area (TPSA) is 34.5 Å². The highest BCUT2D eigenvalue weighted by atomic mass is 19.1. The second kappa shape index (κ2) is 9.23. The Morgan fingerprint density at radius 3 is 2.67 bits per heavy atom. The summed E-state index contributed by atoms with van der Waals surface area (Å²) in [6, 6.07) is 10.5. The quantitative estimate of drug-likeness (QED) is 0.659. The lowest BCUT2D eigenvalue weighted by Gasteiger charge is -2.23. The van der Waals surface area contributed by atoms with Gasteiger partial charge in [-0.3, -0.25) is 4.79 Å². The summed E-state index contributed by atoms with van der Waals surface area (Å²) in [6.07, 6.45) is 3.30. The van der Waals surface area contributed by atoms with Gasteiger partial charge in [-0.25, -0.2) is 4.39 Å². The van der Waals surface area contributed by atoms with Crippen LogP contribution in [0.3, 0.4) is 0 Å². The Balaban J connectivity index is 2.06. The minimum atomic E-state index is -0.232. The summed E-state index contributed by atoms with van der Waals surface area (Å²) in [7, 11) is 1.67. The van der Waals surface area contributed by atoms with Crippen LogP contribution in [0.25, 0.3) is 0 Å². The number of aromatic nitrogens is 1. The Morgan fingerprint density at radius 2 is 2.00 bits per heavy atom. The molecule has 1 amide bonds. The van der Waals surface area contributed by atoms with Crippen molar-refractivity contribution in [3.8, 4) is 0 Å². The third-order valence-electron chi connectivity index (χ3n) is 3.97. The molecule has 2 rings (SSSR count). The van der Waals surface area contributed by atoms with Crippen molar-refractivity contribution in [2.24, 2.45) is 0 Å². The van der Waals surface area contributed by atoms with Gasteiger partial charge in [0.2, 0.25) is 5.91 Å². The van der Waals surface area contributed by atoms with Crippen LogP contribution in [-0.4, -0.2) is 35.6 Å². The first kappa shape index (κ1) is 18.2. The zero-order chi connectivity index (χ0) is 17.4. The van der Waals surface area contributed by atoms with Crippen LogP contribution >= 0.6 is 0 Å². The van der Waals surface area contributed by atoms with E-state index in [0.717, 1.165) is 17.7 Å². The lowest BCUT2D eigenvalue weighted by molar-refractivity contribution is -0.131. The number of carbonyl (C=O) groups is 1. The van der Waals surface area contributed by atoms with Gasteiger partial charge < -0.3 is 14.2 Å². The van der Waals surface area contributed by atoms with Crippen LogP contribution in [0.2, 0.25) is 0 Å². The van der Waals surface area contributed by atoms with Gasteiger partial charge in [0.25, 0.3) is 0 Å². The van der Waals surface area contributed by atoms with Gasteiger partial charge in [0, 0.05) is 45.1 Å². The number of benzene rings is 1. The lowest BCUT2D eigenvalue weighted by Crippen LogP contribution is -2.32. The van der Waals surface area contributed by atoms with E-state index in [4.69, 9.17) is 4.74 Å². The molecule has 0 bridgehead atoms. The van der Waals surface area contributed by atoms with Crippen molar-refractivity contribution in [1.29, 1.82) is 0 Å². The number of ether oxygens (including phenoxy) is 1. The summed E-state index contributed by atoms with van der Waals surface area (Å²) in [5.41, 5.74) is 2.10. The Hall–Kier alpha value is -2.14. The Bertz CT molecular complexity index is 637. The normalized spacial score (nSPS) is 10.8. The van der Waals surface area contributed by atoms with Gasteiger partial charge in [-0.1, -0.05) is 19.1 Å². The molecular weight excluding hydrogens is 307 g/mol. The van der Waals surface area contributed by atoms with Gasteiger partial charge in [0.05, 0.1) is 6.54 Å². The van der Waals surface area contributed by atoms with Gasteiger partial charge >= 0.3 is 0 Å². The molecule has 0 fully saturated rings. The van der Waals surface area contributed by atoms with Crippen LogP contribution in [0, 0.1) is 5.82 Å². The summed E-state index contributed by atoms with van der Waals surface area (Å²) in [5.74, 6) is -0.0926. The molecule has 4 nitrogen and oxygen atoms in total. The lowest BCUT2D eigenvalue weighted by atomic mass is 10.2. The fraction of sp³-hybridized carbons (Fsp3) is 0.421. The predicted molar refractivity (Wildman–Crippen MR) is 92.1 cm³/mol. The monoisotopic (exact) mass is 332 g/mol. The van der Waals surface area contributed by atoms with E-state index in [1.165, 1.54) is 12.1 Å². The summed E-state index contributed by atoms with van der Waals surface area (Å²) < 4.78 is 20.2. The third-order valence-corrected chi connectivity index (χ3v) is 3.97. The molecule has 0 saturated carbocycles. The van der Waals surface area contributed by atoms with Crippen LogP contribution in [0.1, 0.15) is 31.0 Å². The van der Waals surface area contributed by atoms with E-state index in [1.807, 2.05) is 30.2 Å². The summed E-state index contributed by atoms with van der Waals surface area (Å²) >= 11 is 0. The van der Waals surface area contributed by atoms with E-state index in [9.17, 15) is 9.18 Å². The standard InChI is InChI=1S/C19H25FN2O2/c1-3-19(23)22(12-5-13-24-2)15-18-6-4-11-21(18)14-16-7-9-17(20)10-8-16/h4,6-11H,3,5,12-15H2,1-2H3. The Kier molecular flexibility index (Phi) is 7.00. The molecule has 0 atom stereocenters. The van der Waals surface area contributed by atoms with E-state index in [2.05, 4.69) is 4.57 Å². The summed E-state index contributed by atoms with van der Waals surface area (Å²) in [6.45, 7) is 4.44. The highest BCUT2D eigenvalue weighted by Crippen LogP contribution is 2.12. The van der Waals surface area contributed by atoms with E-state index in [0.29, 0.717) is 32.7 Å². The summed E-state index contributed by atoms with van der Waals surface area (Å²) in [4.78, 5) is 14.0. The first-order valence-electron chi connectivity index (χ1n) is 8.29. The van der Waals surface area contributed by atoms with Crippen molar-refractivity contribution in [2.45, 2.75) is 32.9 Å². The molecule has 0 aliphatic heterocycles. The van der Waals surface area contributed by atoms with Crippen molar-refractivity contribution in [3.05, 3.63) is 59.7 Å². The molecule has 1 aromatic carbocycles. The molecule has 1 heterocycles. The molecule has 0 N–H and O–H groups in total. The van der Waals surface area contributed by atoms with Crippen LogP contribution in [0.5, 0.6) is 0 Å². The van der Waals surface area contributed by atoms with E-state index in [1.54, 1.807) is 19.2 Å². The maximum atomic E-state index is 13.0. The van der Waals surface area contributed by atoms with Crippen molar-refractivity contribution < 1.29 is 13.9 Å². The number of rotatable bonds is 9. The average molecular weight is 332 g/mol. The molecule has 0 unspecified atom stereocenters. The zero-order valence-corrected chi connectivity index (χ0v) is 14.4. The van der Waals surface area contributed by atoms with Gasteiger partial charge in [-0.15, -0.1) is 0 Å². The smallest absolute Gasteiger partial charge is 0.222 e. The van der Waals surface area contributed by atoms with E-state index in [-0.39, 0.29) is 11.7 Å². The number of methoxy groups -OCH3 is 1. The number of carbonyl (C=O) groups excluding carboxylic acids is 1. The fourth-order valence-electron chi connectivity index (χ4n) is 2.64. The van der Waals surface area contributed by atoms with E-state index < -0.39 is 0 Å². The minimum absolute atomic E-state index is 0.139. The number of hydrogen-bond donors (Lipinski definition) is 0. The Morgan fingerprint density at radius 1 is 1.25 bits per heavy atom. The highest BCUT2D eigenvalue weighted by Gasteiger charge is 2.14. The van der Waals surface area contributed by atoms with Crippen molar-refractivity contribution in [3.63, 3.8) is 0 Å². The molecule has 1 aromatic heterocycles. The number of nitrogens with zero attached hydrogens (tertiary/aromatic N) is 2. The van der Waals surface area contributed by atoms with Gasteiger partial charge in [-0.05, 0) is 36.2 Å². The van der Waals surface area contributed by atoms with E-state index >= 15 is 0 Å². The molecule has 0 saturated heterocycles. The van der Waals surface area contributed by atoms with Crippen LogP contribution < -0.4 is 0 Å². The molecular formula is C19H25FN2O2. The molecule has 2 aromatic rings. The minimum Gasteiger partial charge on any atom is -0.385 e. The Labute approximate surface area is 142 Å². The van der Waals surface area contributed by atoms with Crippen LogP contribution in [-0.2, 0) is 22.6 Å². The molecule has 24 heavy (non-hydrogen) atoms. The summed E-state index contributed by atoms with van der Waals surface area (Å²) in [5, 5.41) is 0. The van der Waals surface area contributed by atoms with Crippen molar-refractivity contribution >= 4 is 5.91 Å². The first-order chi connectivity index (χ1) is 11.6. The van der Waals surface area contributed by atoms with Crippen LogP contribution in [0.4, 0.5) is 4.39 Å². The third kappa shape index (κ3) is 5.20. The van der Waals surface area contributed by atoms with Crippen molar-refractivity contribution in [2.75, 3.05) is 20.3 Å². The van der Waals surface area contributed by atoms with Gasteiger partial charge in [-0.2, -0.15) is 0 Å². The second-order valence-corrected chi connectivity index (χ2v) is 5.77.